The Morgan fingerprint density at radius 1 is 1.45 bits per heavy atom. The minimum atomic E-state index is -0.292. The fourth-order valence-electron chi connectivity index (χ4n) is 1.90. The normalized spacial score (nSPS) is 10.5. The molecule has 0 saturated heterocycles. The molecule has 0 unspecified atom stereocenters. The monoisotopic (exact) mass is 322 g/mol. The van der Waals surface area contributed by atoms with E-state index in [1.165, 1.54) is 0 Å². The van der Waals surface area contributed by atoms with Gasteiger partial charge in [-0.1, -0.05) is 17.7 Å². The van der Waals surface area contributed by atoms with Gasteiger partial charge in [0.05, 0.1) is 25.2 Å². The number of ether oxygens (including phenoxy) is 1. The number of nitrogens with one attached hydrogen (secondary N) is 2. The van der Waals surface area contributed by atoms with Crippen LogP contribution in [0.15, 0.2) is 30.7 Å². The summed E-state index contributed by atoms with van der Waals surface area (Å²) < 4.78 is 6.97. The van der Waals surface area contributed by atoms with Gasteiger partial charge in [-0.25, -0.2) is 9.78 Å². The molecule has 0 spiro atoms. The average Bonchev–Trinajstić information content (AvgIpc) is 2.94. The number of aryl methyl sites for hydroxylation is 1. The van der Waals surface area contributed by atoms with Gasteiger partial charge in [0.1, 0.15) is 0 Å². The smallest absolute Gasteiger partial charge is 0.319 e. The second-order valence-electron chi connectivity index (χ2n) is 4.84. The van der Waals surface area contributed by atoms with E-state index in [9.17, 15) is 4.79 Å². The Hall–Kier alpha value is -2.05. The van der Waals surface area contributed by atoms with Crippen molar-refractivity contribution in [3.63, 3.8) is 0 Å². The van der Waals surface area contributed by atoms with Crippen LogP contribution in [0, 0.1) is 6.92 Å². The van der Waals surface area contributed by atoms with Crippen LogP contribution in [-0.2, 0) is 17.8 Å². The molecule has 1 aromatic heterocycles. The van der Waals surface area contributed by atoms with Crippen molar-refractivity contribution in [1.29, 1.82) is 0 Å². The van der Waals surface area contributed by atoms with Gasteiger partial charge in [0, 0.05) is 30.6 Å². The van der Waals surface area contributed by atoms with E-state index < -0.39 is 0 Å². The van der Waals surface area contributed by atoms with Crippen molar-refractivity contribution in [2.24, 2.45) is 0 Å². The largest absolute Gasteiger partial charge is 0.383 e. The first kappa shape index (κ1) is 16.3. The van der Waals surface area contributed by atoms with Crippen LogP contribution in [-0.4, -0.2) is 29.3 Å². The molecule has 0 aliphatic heterocycles. The summed E-state index contributed by atoms with van der Waals surface area (Å²) >= 11 is 6.03. The highest BCUT2D eigenvalue weighted by Gasteiger charge is 2.06. The van der Waals surface area contributed by atoms with Crippen LogP contribution in [0.3, 0.4) is 0 Å². The molecule has 0 fully saturated rings. The van der Waals surface area contributed by atoms with Gasteiger partial charge in [-0.15, -0.1) is 0 Å². The van der Waals surface area contributed by atoms with Gasteiger partial charge in [-0.05, 0) is 24.6 Å². The topological polar surface area (TPSA) is 68.2 Å². The van der Waals surface area contributed by atoms with Gasteiger partial charge in [-0.2, -0.15) is 0 Å². The molecule has 7 heteroatoms. The fraction of sp³-hybridized carbons (Fsp3) is 0.333. The molecule has 1 aromatic carbocycles. The molecular formula is C15H19ClN4O2. The lowest BCUT2D eigenvalue weighted by Crippen LogP contribution is -2.29. The highest BCUT2D eigenvalue weighted by molar-refractivity contribution is 6.31. The predicted molar refractivity (Wildman–Crippen MR) is 86.2 cm³/mol. The van der Waals surface area contributed by atoms with E-state index in [-0.39, 0.29) is 6.03 Å². The van der Waals surface area contributed by atoms with E-state index in [0.29, 0.717) is 30.4 Å². The first-order chi connectivity index (χ1) is 10.6. The zero-order valence-corrected chi connectivity index (χ0v) is 13.4. The number of rotatable bonds is 6. The number of carbonyl (C=O) groups excluding carboxylic acids is 1. The Morgan fingerprint density at radius 2 is 2.27 bits per heavy atom. The van der Waals surface area contributed by atoms with Gasteiger partial charge < -0.3 is 19.9 Å². The van der Waals surface area contributed by atoms with Crippen molar-refractivity contribution in [3.8, 4) is 0 Å². The lowest BCUT2D eigenvalue weighted by Gasteiger charge is -2.10. The highest BCUT2D eigenvalue weighted by Crippen LogP contribution is 2.19. The first-order valence-electron chi connectivity index (χ1n) is 6.89. The SMILES string of the molecule is COCCn1cncc1CNC(=O)Nc1ccc(C)c(Cl)c1. The summed E-state index contributed by atoms with van der Waals surface area (Å²) in [6.07, 6.45) is 3.44. The average molecular weight is 323 g/mol. The highest BCUT2D eigenvalue weighted by atomic mass is 35.5. The van der Waals surface area contributed by atoms with E-state index in [1.54, 1.807) is 25.7 Å². The standard InChI is InChI=1S/C15H19ClN4O2/c1-11-3-4-12(7-14(11)16)19-15(21)18-9-13-8-17-10-20(13)5-6-22-2/h3-4,7-8,10H,5-6,9H2,1-2H3,(H2,18,19,21). The van der Waals surface area contributed by atoms with Gasteiger partial charge >= 0.3 is 6.03 Å². The Labute approximate surface area is 134 Å². The summed E-state index contributed by atoms with van der Waals surface area (Å²) in [7, 11) is 1.65. The first-order valence-corrected chi connectivity index (χ1v) is 7.27. The minimum Gasteiger partial charge on any atom is -0.383 e. The van der Waals surface area contributed by atoms with Crippen molar-refractivity contribution < 1.29 is 9.53 Å². The van der Waals surface area contributed by atoms with Crippen molar-refractivity contribution >= 4 is 23.3 Å². The van der Waals surface area contributed by atoms with Crippen LogP contribution in [0.2, 0.25) is 5.02 Å². The van der Waals surface area contributed by atoms with Crippen LogP contribution < -0.4 is 10.6 Å². The van der Waals surface area contributed by atoms with Crippen molar-refractivity contribution in [2.75, 3.05) is 19.0 Å². The number of carbonyl (C=O) groups is 1. The molecule has 6 nitrogen and oxygen atoms in total. The molecule has 118 valence electrons. The van der Waals surface area contributed by atoms with Crippen LogP contribution in [0.4, 0.5) is 10.5 Å². The summed E-state index contributed by atoms with van der Waals surface area (Å²) in [5, 5.41) is 6.16. The third-order valence-electron chi connectivity index (χ3n) is 3.19. The molecule has 22 heavy (non-hydrogen) atoms. The van der Waals surface area contributed by atoms with Crippen molar-refractivity contribution in [2.45, 2.75) is 20.0 Å². The molecule has 0 aliphatic carbocycles. The molecule has 2 rings (SSSR count). The maximum atomic E-state index is 11.9. The maximum Gasteiger partial charge on any atom is 0.319 e. The molecule has 0 saturated carbocycles. The second-order valence-corrected chi connectivity index (χ2v) is 5.25. The van der Waals surface area contributed by atoms with Crippen molar-refractivity contribution in [3.05, 3.63) is 47.0 Å². The number of hydrogen-bond acceptors (Lipinski definition) is 3. The summed E-state index contributed by atoms with van der Waals surface area (Å²) in [5.74, 6) is 0. The van der Waals surface area contributed by atoms with E-state index in [2.05, 4.69) is 15.6 Å². The Bertz CT molecular complexity index is 642. The molecule has 2 N–H and O–H groups in total. The molecule has 0 bridgehead atoms. The van der Waals surface area contributed by atoms with Gasteiger partial charge in [0.15, 0.2) is 0 Å². The zero-order chi connectivity index (χ0) is 15.9. The molecule has 0 radical (unpaired) electrons. The third-order valence-corrected chi connectivity index (χ3v) is 3.60. The fourth-order valence-corrected chi connectivity index (χ4v) is 2.08. The van der Waals surface area contributed by atoms with E-state index >= 15 is 0 Å². The van der Waals surface area contributed by atoms with E-state index in [0.717, 1.165) is 11.3 Å². The summed E-state index contributed by atoms with van der Waals surface area (Å²) in [4.78, 5) is 16.0. The zero-order valence-electron chi connectivity index (χ0n) is 12.6. The van der Waals surface area contributed by atoms with Crippen molar-refractivity contribution in [1.82, 2.24) is 14.9 Å². The van der Waals surface area contributed by atoms with Crippen LogP contribution in [0.1, 0.15) is 11.3 Å². The maximum absolute atomic E-state index is 11.9. The Kier molecular flexibility index (Phi) is 5.80. The number of halogens is 1. The number of imidazole rings is 1. The third kappa shape index (κ3) is 4.47. The summed E-state index contributed by atoms with van der Waals surface area (Å²) in [5.41, 5.74) is 2.53. The second kappa shape index (κ2) is 7.82. The van der Waals surface area contributed by atoms with Gasteiger partial charge in [0.2, 0.25) is 0 Å². The Balaban J connectivity index is 1.87. The number of nitrogens with zero attached hydrogens (tertiary/aromatic N) is 2. The van der Waals surface area contributed by atoms with Gasteiger partial charge in [0.25, 0.3) is 0 Å². The number of anilines is 1. The number of aromatic nitrogens is 2. The number of amides is 2. The van der Waals surface area contributed by atoms with Gasteiger partial charge in [-0.3, -0.25) is 0 Å². The molecule has 1 heterocycles. The molecule has 0 aliphatic rings. The lowest BCUT2D eigenvalue weighted by atomic mass is 10.2. The quantitative estimate of drug-likeness (QED) is 0.859. The van der Waals surface area contributed by atoms with E-state index in [4.69, 9.17) is 16.3 Å². The summed E-state index contributed by atoms with van der Waals surface area (Å²) in [6, 6.07) is 5.10. The molecular weight excluding hydrogens is 304 g/mol. The van der Waals surface area contributed by atoms with Crippen LogP contribution >= 0.6 is 11.6 Å². The Morgan fingerprint density at radius 3 is 3.00 bits per heavy atom. The molecule has 0 atom stereocenters. The minimum absolute atomic E-state index is 0.292. The van der Waals surface area contributed by atoms with Crippen LogP contribution in [0.25, 0.3) is 0 Å². The van der Waals surface area contributed by atoms with E-state index in [1.807, 2.05) is 23.6 Å². The number of hydrogen-bond donors (Lipinski definition) is 2. The molecule has 2 aromatic rings. The lowest BCUT2D eigenvalue weighted by molar-refractivity contribution is 0.186. The molecule has 2 amide bonds. The number of urea groups is 1. The van der Waals surface area contributed by atoms with Crippen LogP contribution in [0.5, 0.6) is 0 Å². The predicted octanol–water partition coefficient (Wildman–Crippen LogP) is 2.81. The number of methoxy groups -OCH3 is 1. The number of benzene rings is 1. The summed E-state index contributed by atoms with van der Waals surface area (Å²) in [6.45, 7) is 3.59.